The van der Waals surface area contributed by atoms with Crippen LogP contribution >= 0.6 is 0 Å². The minimum Gasteiger partial charge on any atom is -0.467 e. The van der Waals surface area contributed by atoms with Crippen LogP contribution in [0.4, 0.5) is 0 Å². The standard InChI is InChI=1S/C10H10N2O/c11-10(9-5-3-7-13-9)8-4-1-2-6-12-8/h1-7,10H,11H2/t10-/m0/s1. The van der Waals surface area contributed by atoms with E-state index < -0.39 is 0 Å². The second kappa shape index (κ2) is 3.41. The molecular weight excluding hydrogens is 164 g/mol. The van der Waals surface area contributed by atoms with Crippen molar-refractivity contribution in [2.45, 2.75) is 6.04 Å². The van der Waals surface area contributed by atoms with E-state index in [1.54, 1.807) is 12.5 Å². The third kappa shape index (κ3) is 1.60. The molecule has 0 aliphatic rings. The number of aromatic nitrogens is 1. The highest BCUT2D eigenvalue weighted by Gasteiger charge is 2.11. The number of hydrogen-bond acceptors (Lipinski definition) is 3. The second-order valence-corrected chi connectivity index (χ2v) is 2.75. The maximum Gasteiger partial charge on any atom is 0.126 e. The summed E-state index contributed by atoms with van der Waals surface area (Å²) in [7, 11) is 0. The molecule has 66 valence electrons. The highest BCUT2D eigenvalue weighted by atomic mass is 16.3. The van der Waals surface area contributed by atoms with Gasteiger partial charge in [-0.2, -0.15) is 0 Å². The molecular formula is C10H10N2O. The number of furan rings is 1. The molecule has 2 aromatic heterocycles. The van der Waals surface area contributed by atoms with E-state index in [0.29, 0.717) is 0 Å². The molecule has 2 N–H and O–H groups in total. The van der Waals surface area contributed by atoms with Gasteiger partial charge in [-0.05, 0) is 24.3 Å². The van der Waals surface area contributed by atoms with Crippen molar-refractivity contribution in [1.82, 2.24) is 4.98 Å². The Morgan fingerprint density at radius 3 is 2.77 bits per heavy atom. The van der Waals surface area contributed by atoms with E-state index in [-0.39, 0.29) is 6.04 Å². The molecule has 3 nitrogen and oxygen atoms in total. The van der Waals surface area contributed by atoms with E-state index in [9.17, 15) is 0 Å². The minimum atomic E-state index is -0.267. The van der Waals surface area contributed by atoms with Gasteiger partial charge in [0.25, 0.3) is 0 Å². The maximum atomic E-state index is 5.90. The molecule has 1 atom stereocenters. The molecule has 0 radical (unpaired) electrons. The Morgan fingerprint density at radius 2 is 2.15 bits per heavy atom. The van der Waals surface area contributed by atoms with Gasteiger partial charge < -0.3 is 10.2 Å². The molecule has 2 heterocycles. The van der Waals surface area contributed by atoms with Gasteiger partial charge >= 0.3 is 0 Å². The Hall–Kier alpha value is -1.61. The van der Waals surface area contributed by atoms with Gasteiger partial charge in [-0.1, -0.05) is 6.07 Å². The fraction of sp³-hybridized carbons (Fsp3) is 0.100. The van der Waals surface area contributed by atoms with Crippen LogP contribution in [0.1, 0.15) is 17.5 Å². The van der Waals surface area contributed by atoms with Crippen molar-refractivity contribution in [1.29, 1.82) is 0 Å². The maximum absolute atomic E-state index is 5.90. The molecule has 0 aromatic carbocycles. The number of hydrogen-bond donors (Lipinski definition) is 1. The van der Waals surface area contributed by atoms with Crippen molar-refractivity contribution < 1.29 is 4.42 Å². The first-order chi connectivity index (χ1) is 6.38. The van der Waals surface area contributed by atoms with Gasteiger partial charge in [0.15, 0.2) is 0 Å². The van der Waals surface area contributed by atoms with Crippen molar-refractivity contribution in [3.8, 4) is 0 Å². The van der Waals surface area contributed by atoms with E-state index in [4.69, 9.17) is 10.2 Å². The van der Waals surface area contributed by atoms with Crippen molar-refractivity contribution >= 4 is 0 Å². The quantitative estimate of drug-likeness (QED) is 0.754. The molecule has 0 fully saturated rings. The van der Waals surface area contributed by atoms with E-state index in [1.807, 2.05) is 30.3 Å². The monoisotopic (exact) mass is 174 g/mol. The first-order valence-electron chi connectivity index (χ1n) is 4.08. The number of pyridine rings is 1. The zero-order valence-corrected chi connectivity index (χ0v) is 7.05. The van der Waals surface area contributed by atoms with Crippen molar-refractivity contribution in [3.63, 3.8) is 0 Å². The number of rotatable bonds is 2. The first-order valence-corrected chi connectivity index (χ1v) is 4.08. The summed E-state index contributed by atoms with van der Waals surface area (Å²) in [6, 6.07) is 9.05. The van der Waals surface area contributed by atoms with Gasteiger partial charge in [-0.25, -0.2) is 0 Å². The van der Waals surface area contributed by atoms with Crippen molar-refractivity contribution in [2.75, 3.05) is 0 Å². The Kier molecular flexibility index (Phi) is 2.10. The molecule has 0 unspecified atom stereocenters. The van der Waals surface area contributed by atoms with Crippen molar-refractivity contribution in [3.05, 3.63) is 54.2 Å². The van der Waals surface area contributed by atoms with Crippen LogP contribution < -0.4 is 5.73 Å². The Bertz CT molecular complexity index is 356. The van der Waals surface area contributed by atoms with Gasteiger partial charge in [0.05, 0.1) is 12.0 Å². The lowest BCUT2D eigenvalue weighted by Crippen LogP contribution is -2.12. The van der Waals surface area contributed by atoms with Crippen LogP contribution in [0.3, 0.4) is 0 Å². The molecule has 0 spiro atoms. The van der Waals surface area contributed by atoms with Crippen LogP contribution in [-0.4, -0.2) is 4.98 Å². The molecule has 0 aliphatic carbocycles. The smallest absolute Gasteiger partial charge is 0.126 e. The third-order valence-corrected chi connectivity index (χ3v) is 1.86. The predicted molar refractivity (Wildman–Crippen MR) is 49.0 cm³/mol. The highest BCUT2D eigenvalue weighted by Crippen LogP contribution is 2.16. The third-order valence-electron chi connectivity index (χ3n) is 1.86. The highest BCUT2D eigenvalue weighted by molar-refractivity contribution is 5.18. The molecule has 2 rings (SSSR count). The molecule has 0 saturated heterocycles. The topological polar surface area (TPSA) is 52.0 Å². The van der Waals surface area contributed by atoms with Gasteiger partial charge in [0, 0.05) is 6.20 Å². The SMILES string of the molecule is N[C@@H](c1ccccn1)c1ccco1. The number of nitrogens with zero attached hydrogens (tertiary/aromatic N) is 1. The Balaban J connectivity index is 2.29. The van der Waals surface area contributed by atoms with Gasteiger partial charge in [-0.15, -0.1) is 0 Å². The summed E-state index contributed by atoms with van der Waals surface area (Å²) in [4.78, 5) is 4.15. The zero-order valence-electron chi connectivity index (χ0n) is 7.05. The van der Waals surface area contributed by atoms with Crippen LogP contribution in [0, 0.1) is 0 Å². The first kappa shape index (κ1) is 8.01. The summed E-state index contributed by atoms with van der Waals surface area (Å²) in [6.07, 6.45) is 3.33. The lowest BCUT2D eigenvalue weighted by atomic mass is 10.1. The molecule has 0 saturated carbocycles. The molecule has 0 amide bonds. The van der Waals surface area contributed by atoms with Crippen LogP contribution in [0.5, 0.6) is 0 Å². The Labute approximate surface area is 76.2 Å². The second-order valence-electron chi connectivity index (χ2n) is 2.75. The average molecular weight is 174 g/mol. The van der Waals surface area contributed by atoms with Crippen LogP contribution in [0.15, 0.2) is 47.2 Å². The zero-order chi connectivity index (χ0) is 9.10. The summed E-state index contributed by atoms with van der Waals surface area (Å²) in [6.45, 7) is 0. The normalized spacial score (nSPS) is 12.7. The fourth-order valence-corrected chi connectivity index (χ4v) is 1.17. The summed E-state index contributed by atoms with van der Waals surface area (Å²) >= 11 is 0. The summed E-state index contributed by atoms with van der Waals surface area (Å²) in [5.74, 6) is 0.735. The van der Waals surface area contributed by atoms with E-state index in [0.717, 1.165) is 11.5 Å². The lowest BCUT2D eigenvalue weighted by Gasteiger charge is -2.06. The number of nitrogens with two attached hydrogens (primary N) is 1. The Morgan fingerprint density at radius 1 is 1.23 bits per heavy atom. The molecule has 0 bridgehead atoms. The molecule has 13 heavy (non-hydrogen) atoms. The molecule has 3 heteroatoms. The largest absolute Gasteiger partial charge is 0.467 e. The lowest BCUT2D eigenvalue weighted by molar-refractivity contribution is 0.486. The average Bonchev–Trinajstić information content (AvgIpc) is 2.71. The van der Waals surface area contributed by atoms with E-state index in [1.165, 1.54) is 0 Å². The molecule has 2 aromatic rings. The van der Waals surface area contributed by atoms with Gasteiger partial charge in [0.2, 0.25) is 0 Å². The van der Waals surface area contributed by atoms with Gasteiger partial charge in [0.1, 0.15) is 11.8 Å². The predicted octanol–water partition coefficient (Wildman–Crippen LogP) is 1.72. The minimum absolute atomic E-state index is 0.267. The summed E-state index contributed by atoms with van der Waals surface area (Å²) in [5.41, 5.74) is 6.72. The van der Waals surface area contributed by atoms with Gasteiger partial charge in [-0.3, -0.25) is 4.98 Å². The van der Waals surface area contributed by atoms with Crippen LogP contribution in [0.25, 0.3) is 0 Å². The van der Waals surface area contributed by atoms with Crippen molar-refractivity contribution in [2.24, 2.45) is 5.73 Å². The van der Waals surface area contributed by atoms with Crippen LogP contribution in [0.2, 0.25) is 0 Å². The van der Waals surface area contributed by atoms with Crippen LogP contribution in [-0.2, 0) is 0 Å². The van der Waals surface area contributed by atoms with E-state index in [2.05, 4.69) is 4.98 Å². The van der Waals surface area contributed by atoms with E-state index >= 15 is 0 Å². The summed E-state index contributed by atoms with van der Waals surface area (Å²) < 4.78 is 5.18. The fourth-order valence-electron chi connectivity index (χ4n) is 1.17. The summed E-state index contributed by atoms with van der Waals surface area (Å²) in [5, 5.41) is 0. The molecule has 0 aliphatic heterocycles.